The van der Waals surface area contributed by atoms with Crippen LogP contribution in [0.3, 0.4) is 0 Å². The smallest absolute Gasteiger partial charge is 0.261 e. The van der Waals surface area contributed by atoms with Gasteiger partial charge in [0.25, 0.3) is 5.91 Å². The van der Waals surface area contributed by atoms with Crippen LogP contribution >= 0.6 is 28.1 Å². The topological polar surface area (TPSA) is 50.4 Å². The number of thiocarbonyl (C=S) groups is 1. The van der Waals surface area contributed by atoms with Crippen LogP contribution in [-0.2, 0) is 0 Å². The van der Waals surface area contributed by atoms with Crippen LogP contribution in [0.5, 0.6) is 5.75 Å². The molecule has 1 saturated carbocycles. The van der Waals surface area contributed by atoms with Crippen LogP contribution < -0.4 is 15.4 Å². The molecule has 0 atom stereocenters. The number of carbonyl (C=O) groups is 1. The SMILES string of the molecule is CC(C)Oc1ccc(Br)cc1C(=O)NC(=S)NC1CCCCCC1. The molecule has 1 aliphatic rings. The van der Waals surface area contributed by atoms with Crippen LogP contribution in [0.4, 0.5) is 0 Å². The molecular weight excluding hydrogens is 388 g/mol. The van der Waals surface area contributed by atoms with Gasteiger partial charge in [-0.25, -0.2) is 0 Å². The maximum atomic E-state index is 12.6. The first-order valence-electron chi connectivity index (χ1n) is 8.53. The highest BCUT2D eigenvalue weighted by Gasteiger charge is 2.18. The fourth-order valence-corrected chi connectivity index (χ4v) is 3.47. The molecule has 6 heteroatoms. The first-order valence-corrected chi connectivity index (χ1v) is 9.74. The van der Waals surface area contributed by atoms with E-state index >= 15 is 0 Å². The number of ether oxygens (including phenoxy) is 1. The van der Waals surface area contributed by atoms with Gasteiger partial charge in [-0.2, -0.15) is 0 Å². The molecule has 0 bridgehead atoms. The van der Waals surface area contributed by atoms with Crippen LogP contribution in [-0.4, -0.2) is 23.2 Å². The average molecular weight is 413 g/mol. The molecule has 0 aliphatic heterocycles. The number of benzene rings is 1. The van der Waals surface area contributed by atoms with Crippen molar-refractivity contribution in [3.63, 3.8) is 0 Å². The third kappa shape index (κ3) is 6.06. The summed E-state index contributed by atoms with van der Waals surface area (Å²) in [5, 5.41) is 6.46. The first kappa shape index (κ1) is 19.2. The Morgan fingerprint density at radius 2 is 1.92 bits per heavy atom. The van der Waals surface area contributed by atoms with Gasteiger partial charge in [-0.3, -0.25) is 10.1 Å². The van der Waals surface area contributed by atoms with Crippen molar-refractivity contribution in [3.8, 4) is 5.75 Å². The van der Waals surface area contributed by atoms with Crippen molar-refractivity contribution in [2.75, 3.05) is 0 Å². The van der Waals surface area contributed by atoms with E-state index in [1.165, 1.54) is 25.7 Å². The molecule has 0 unspecified atom stereocenters. The van der Waals surface area contributed by atoms with Crippen molar-refractivity contribution in [1.29, 1.82) is 0 Å². The molecule has 2 N–H and O–H groups in total. The van der Waals surface area contributed by atoms with E-state index in [9.17, 15) is 4.79 Å². The van der Waals surface area contributed by atoms with Gasteiger partial charge >= 0.3 is 0 Å². The Kier molecular flexibility index (Phi) is 7.49. The summed E-state index contributed by atoms with van der Waals surface area (Å²) in [6, 6.07) is 5.76. The van der Waals surface area contributed by atoms with E-state index in [1.807, 2.05) is 19.9 Å². The van der Waals surface area contributed by atoms with Crippen LogP contribution in [0.15, 0.2) is 22.7 Å². The van der Waals surface area contributed by atoms with E-state index in [0.29, 0.717) is 22.5 Å². The molecule has 1 aromatic rings. The Morgan fingerprint density at radius 3 is 2.54 bits per heavy atom. The van der Waals surface area contributed by atoms with Crippen LogP contribution in [0.1, 0.15) is 62.7 Å². The quantitative estimate of drug-likeness (QED) is 0.561. The second-order valence-electron chi connectivity index (χ2n) is 6.42. The highest BCUT2D eigenvalue weighted by molar-refractivity contribution is 9.10. The predicted molar refractivity (Wildman–Crippen MR) is 105 cm³/mol. The zero-order chi connectivity index (χ0) is 17.5. The lowest BCUT2D eigenvalue weighted by Crippen LogP contribution is -2.44. The highest BCUT2D eigenvalue weighted by Crippen LogP contribution is 2.24. The summed E-state index contributed by atoms with van der Waals surface area (Å²) >= 11 is 8.72. The Balaban J connectivity index is 2.00. The Labute approximate surface area is 157 Å². The van der Waals surface area contributed by atoms with Crippen LogP contribution in [0, 0.1) is 0 Å². The lowest BCUT2D eigenvalue weighted by Gasteiger charge is -2.19. The van der Waals surface area contributed by atoms with E-state index in [-0.39, 0.29) is 12.0 Å². The maximum Gasteiger partial charge on any atom is 0.261 e. The largest absolute Gasteiger partial charge is 0.490 e. The molecule has 0 saturated heterocycles. The zero-order valence-electron chi connectivity index (χ0n) is 14.2. The van der Waals surface area contributed by atoms with Gasteiger partial charge in [0.1, 0.15) is 5.75 Å². The number of hydrogen-bond acceptors (Lipinski definition) is 3. The number of rotatable bonds is 4. The third-order valence-electron chi connectivity index (χ3n) is 3.97. The third-order valence-corrected chi connectivity index (χ3v) is 4.68. The number of hydrogen-bond donors (Lipinski definition) is 2. The minimum atomic E-state index is -0.252. The standard InChI is InChI=1S/C18H25BrN2O2S/c1-12(2)23-16-10-9-13(19)11-15(16)17(22)21-18(24)20-14-7-5-3-4-6-8-14/h9-12,14H,3-8H2,1-2H3,(H2,20,21,22,24). The van der Waals surface area contributed by atoms with Gasteiger partial charge in [-0.1, -0.05) is 41.6 Å². The summed E-state index contributed by atoms with van der Waals surface area (Å²) in [6.07, 6.45) is 7.20. The molecule has 2 rings (SSSR count). The molecule has 1 aromatic carbocycles. The minimum Gasteiger partial charge on any atom is -0.490 e. The second kappa shape index (κ2) is 9.37. The minimum absolute atomic E-state index is 0.00575. The first-order chi connectivity index (χ1) is 11.5. The molecule has 0 spiro atoms. The van der Waals surface area contributed by atoms with Crippen molar-refractivity contribution >= 4 is 39.2 Å². The second-order valence-corrected chi connectivity index (χ2v) is 7.75. The van der Waals surface area contributed by atoms with Gasteiger partial charge in [0.2, 0.25) is 0 Å². The van der Waals surface area contributed by atoms with E-state index in [0.717, 1.165) is 17.3 Å². The normalized spacial score (nSPS) is 15.7. The predicted octanol–water partition coefficient (Wildman–Crippen LogP) is 4.56. The zero-order valence-corrected chi connectivity index (χ0v) is 16.6. The summed E-state index contributed by atoms with van der Waals surface area (Å²) in [5.41, 5.74) is 0.475. The lowest BCUT2D eigenvalue weighted by atomic mass is 10.1. The van der Waals surface area contributed by atoms with Crippen molar-refractivity contribution in [3.05, 3.63) is 28.2 Å². The van der Waals surface area contributed by atoms with Gasteiger partial charge in [0.15, 0.2) is 5.11 Å². The van der Waals surface area contributed by atoms with Crippen molar-refractivity contribution in [2.45, 2.75) is 64.5 Å². The molecule has 1 amide bonds. The molecule has 0 heterocycles. The number of nitrogens with one attached hydrogen (secondary N) is 2. The van der Waals surface area contributed by atoms with Crippen molar-refractivity contribution < 1.29 is 9.53 Å². The van der Waals surface area contributed by atoms with Crippen molar-refractivity contribution in [1.82, 2.24) is 10.6 Å². The average Bonchev–Trinajstić information content (AvgIpc) is 2.77. The number of halogens is 1. The molecule has 0 radical (unpaired) electrons. The van der Waals surface area contributed by atoms with Gasteiger partial charge in [0.05, 0.1) is 11.7 Å². The van der Waals surface area contributed by atoms with Crippen molar-refractivity contribution in [2.24, 2.45) is 0 Å². The Bertz CT molecular complexity index is 584. The van der Waals surface area contributed by atoms with E-state index in [4.69, 9.17) is 17.0 Å². The monoisotopic (exact) mass is 412 g/mol. The van der Waals surface area contributed by atoms with Gasteiger partial charge in [-0.15, -0.1) is 0 Å². The molecule has 0 aromatic heterocycles. The highest BCUT2D eigenvalue weighted by atomic mass is 79.9. The van der Waals surface area contributed by atoms with Crippen LogP contribution in [0.25, 0.3) is 0 Å². The fourth-order valence-electron chi connectivity index (χ4n) is 2.85. The number of carbonyl (C=O) groups excluding carboxylic acids is 1. The van der Waals surface area contributed by atoms with Gasteiger partial charge in [0, 0.05) is 10.5 Å². The molecule has 1 aliphatic carbocycles. The molecule has 4 nitrogen and oxygen atoms in total. The Morgan fingerprint density at radius 1 is 1.25 bits per heavy atom. The van der Waals surface area contributed by atoms with Gasteiger partial charge < -0.3 is 10.1 Å². The van der Waals surface area contributed by atoms with Gasteiger partial charge in [-0.05, 0) is 57.1 Å². The maximum absolute atomic E-state index is 12.6. The molecule has 132 valence electrons. The number of amides is 1. The summed E-state index contributed by atoms with van der Waals surface area (Å²) in [4.78, 5) is 12.6. The Hall–Kier alpha value is -1.14. The summed E-state index contributed by atoms with van der Waals surface area (Å²) < 4.78 is 6.55. The molecule has 1 fully saturated rings. The summed E-state index contributed by atoms with van der Waals surface area (Å²) in [6.45, 7) is 3.87. The summed E-state index contributed by atoms with van der Waals surface area (Å²) in [5.74, 6) is 0.307. The lowest BCUT2D eigenvalue weighted by molar-refractivity contribution is 0.0970. The fraction of sp³-hybridized carbons (Fsp3) is 0.556. The van der Waals surface area contributed by atoms with E-state index < -0.39 is 0 Å². The van der Waals surface area contributed by atoms with E-state index in [2.05, 4.69) is 26.6 Å². The summed E-state index contributed by atoms with van der Waals surface area (Å²) in [7, 11) is 0. The van der Waals surface area contributed by atoms with Crippen LogP contribution in [0.2, 0.25) is 0 Å². The van der Waals surface area contributed by atoms with E-state index in [1.54, 1.807) is 12.1 Å². The molecule has 24 heavy (non-hydrogen) atoms. The molecular formula is C18H25BrN2O2S.